The molecule has 156 valence electrons. The van der Waals surface area contributed by atoms with Crippen molar-refractivity contribution in [2.24, 2.45) is 4.99 Å². The van der Waals surface area contributed by atoms with Crippen molar-refractivity contribution in [3.05, 3.63) is 62.4 Å². The van der Waals surface area contributed by atoms with Crippen molar-refractivity contribution in [1.82, 2.24) is 4.90 Å². The second-order valence-electron chi connectivity index (χ2n) is 6.85. The van der Waals surface area contributed by atoms with Gasteiger partial charge in [-0.2, -0.15) is 0 Å². The third-order valence-corrected chi connectivity index (χ3v) is 7.77. The summed E-state index contributed by atoms with van der Waals surface area (Å²) < 4.78 is 0. The number of hydrogen-bond donors (Lipinski definition) is 0. The highest BCUT2D eigenvalue weighted by Gasteiger charge is 2.39. The molecule has 2 aromatic rings. The molecule has 0 bridgehead atoms. The molecule has 2 aliphatic heterocycles. The first kappa shape index (κ1) is 21.6. The fourth-order valence-corrected chi connectivity index (χ4v) is 6.05. The molecule has 0 saturated carbocycles. The normalized spacial score (nSPS) is 19.9. The van der Waals surface area contributed by atoms with Crippen LogP contribution < -0.4 is 4.90 Å². The minimum atomic E-state index is -0.000827. The molecule has 1 fully saturated rings. The molecule has 1 saturated heterocycles. The third-order valence-electron chi connectivity index (χ3n) is 4.84. The molecule has 30 heavy (non-hydrogen) atoms. The van der Waals surface area contributed by atoms with Crippen molar-refractivity contribution in [3.63, 3.8) is 0 Å². The summed E-state index contributed by atoms with van der Waals surface area (Å²) in [6, 6.07) is 13.3. The highest BCUT2D eigenvalue weighted by molar-refractivity contribution is 8.19. The zero-order valence-electron chi connectivity index (χ0n) is 16.7. The molecule has 2 heterocycles. The van der Waals surface area contributed by atoms with Crippen molar-refractivity contribution in [3.8, 4) is 0 Å². The number of hydrogen-bond acceptors (Lipinski definition) is 5. The molecule has 8 heteroatoms. The van der Waals surface area contributed by atoms with Crippen LogP contribution in [0.5, 0.6) is 0 Å². The van der Waals surface area contributed by atoms with Gasteiger partial charge >= 0.3 is 0 Å². The Balaban J connectivity index is 1.76. The van der Waals surface area contributed by atoms with Gasteiger partial charge in [-0.15, -0.1) is 0 Å². The van der Waals surface area contributed by atoms with E-state index in [2.05, 4.69) is 18.7 Å². The molecule has 0 N–H and O–H groups in total. The van der Waals surface area contributed by atoms with Gasteiger partial charge < -0.3 is 4.90 Å². The Morgan fingerprint density at radius 3 is 2.57 bits per heavy atom. The zero-order chi connectivity index (χ0) is 21.3. The van der Waals surface area contributed by atoms with Gasteiger partial charge in [0.05, 0.1) is 16.4 Å². The Morgan fingerprint density at radius 1 is 1.03 bits per heavy atom. The van der Waals surface area contributed by atoms with Gasteiger partial charge in [-0.3, -0.25) is 9.69 Å². The lowest BCUT2D eigenvalue weighted by Gasteiger charge is -2.19. The molecule has 4 rings (SSSR count). The van der Waals surface area contributed by atoms with Gasteiger partial charge in [0.2, 0.25) is 0 Å². The van der Waals surface area contributed by atoms with E-state index in [4.69, 9.17) is 28.2 Å². The Bertz CT molecular complexity index is 1050. The maximum absolute atomic E-state index is 13.4. The molecule has 2 aliphatic rings. The SMILES string of the molecule is CCCCN1C(=O)C(=C2Sc3ccc(Cl)cc3N2CC)SC1=Nc1ccccc1Cl. The number of carbonyl (C=O) groups excluding carboxylic acids is 1. The minimum absolute atomic E-state index is 0.000827. The molecule has 0 aliphatic carbocycles. The van der Waals surface area contributed by atoms with Crippen LogP contribution in [0.3, 0.4) is 0 Å². The average Bonchev–Trinajstić information content (AvgIpc) is 3.24. The molecule has 4 nitrogen and oxygen atoms in total. The number of benzene rings is 2. The maximum atomic E-state index is 13.4. The van der Waals surface area contributed by atoms with Gasteiger partial charge in [-0.25, -0.2) is 4.99 Å². The first-order valence-corrected chi connectivity index (χ1v) is 12.2. The number of para-hydroxylation sites is 1. The molecular formula is C22H21Cl2N3OS2. The van der Waals surface area contributed by atoms with Crippen LogP contribution >= 0.6 is 46.7 Å². The van der Waals surface area contributed by atoms with Crippen LogP contribution in [-0.4, -0.2) is 29.1 Å². The van der Waals surface area contributed by atoms with Crippen LogP contribution in [0.25, 0.3) is 0 Å². The van der Waals surface area contributed by atoms with E-state index in [9.17, 15) is 4.79 Å². The number of rotatable bonds is 5. The third kappa shape index (κ3) is 4.11. The summed E-state index contributed by atoms with van der Waals surface area (Å²) in [4.78, 5) is 23.9. The summed E-state index contributed by atoms with van der Waals surface area (Å²) in [7, 11) is 0. The summed E-state index contributed by atoms with van der Waals surface area (Å²) in [5.74, 6) is -0.000827. The lowest BCUT2D eigenvalue weighted by atomic mass is 10.3. The number of amidine groups is 1. The predicted molar refractivity (Wildman–Crippen MR) is 130 cm³/mol. The number of fused-ring (bicyclic) bond motifs is 1. The van der Waals surface area contributed by atoms with E-state index in [1.165, 1.54) is 11.8 Å². The molecule has 0 atom stereocenters. The van der Waals surface area contributed by atoms with E-state index in [0.29, 0.717) is 32.4 Å². The molecule has 1 amide bonds. The smallest absolute Gasteiger partial charge is 0.269 e. The van der Waals surface area contributed by atoms with E-state index in [0.717, 1.165) is 35.0 Å². The Labute approximate surface area is 195 Å². The molecular weight excluding hydrogens is 457 g/mol. The van der Waals surface area contributed by atoms with Gasteiger partial charge in [0.1, 0.15) is 9.93 Å². The standard InChI is InChI=1S/C22H21Cl2N3OS2/c1-3-5-12-27-20(28)19(30-22(27)25-16-9-7-6-8-15(16)24)21-26(4-2)17-13-14(23)10-11-18(17)29-21/h6-11,13H,3-5,12H2,1-2H3. The van der Waals surface area contributed by atoms with Crippen LogP contribution in [-0.2, 0) is 4.79 Å². The number of aliphatic imine (C=N–C) groups is 1. The fourth-order valence-electron chi connectivity index (χ4n) is 3.32. The van der Waals surface area contributed by atoms with Gasteiger partial charge in [0.15, 0.2) is 5.17 Å². The van der Waals surface area contributed by atoms with Crippen LogP contribution in [0, 0.1) is 0 Å². The molecule has 0 radical (unpaired) electrons. The maximum Gasteiger partial charge on any atom is 0.269 e. The summed E-state index contributed by atoms with van der Waals surface area (Å²) in [6.07, 6.45) is 1.91. The minimum Gasteiger partial charge on any atom is -0.334 e. The number of thioether (sulfide) groups is 2. The predicted octanol–water partition coefficient (Wildman–Crippen LogP) is 7.16. The van der Waals surface area contributed by atoms with Gasteiger partial charge in [0, 0.05) is 23.0 Å². The van der Waals surface area contributed by atoms with Crippen molar-refractivity contribution in [2.45, 2.75) is 31.6 Å². The van der Waals surface area contributed by atoms with E-state index in [-0.39, 0.29) is 5.91 Å². The molecule has 0 aromatic heterocycles. The summed E-state index contributed by atoms with van der Waals surface area (Å²) in [6.45, 7) is 5.58. The average molecular weight is 478 g/mol. The van der Waals surface area contributed by atoms with Gasteiger partial charge in [0.25, 0.3) is 5.91 Å². The fraction of sp³-hybridized carbons (Fsp3) is 0.273. The largest absolute Gasteiger partial charge is 0.334 e. The lowest BCUT2D eigenvalue weighted by Crippen LogP contribution is -2.30. The first-order valence-electron chi connectivity index (χ1n) is 9.85. The Morgan fingerprint density at radius 2 is 1.83 bits per heavy atom. The first-order chi connectivity index (χ1) is 14.5. The van der Waals surface area contributed by atoms with E-state index >= 15 is 0 Å². The molecule has 0 unspecified atom stereocenters. The number of halogens is 2. The monoisotopic (exact) mass is 477 g/mol. The van der Waals surface area contributed by atoms with Crippen molar-refractivity contribution < 1.29 is 4.79 Å². The van der Waals surface area contributed by atoms with Crippen molar-refractivity contribution in [1.29, 1.82) is 0 Å². The number of nitrogens with zero attached hydrogens (tertiary/aromatic N) is 3. The van der Waals surface area contributed by atoms with Gasteiger partial charge in [-0.1, -0.05) is 60.4 Å². The number of unbranched alkanes of at least 4 members (excludes halogenated alkanes) is 1. The van der Waals surface area contributed by atoms with E-state index in [1.54, 1.807) is 16.7 Å². The molecule has 2 aromatic carbocycles. The lowest BCUT2D eigenvalue weighted by molar-refractivity contribution is -0.122. The van der Waals surface area contributed by atoms with Crippen LogP contribution in [0.4, 0.5) is 11.4 Å². The van der Waals surface area contributed by atoms with Crippen molar-refractivity contribution in [2.75, 3.05) is 18.0 Å². The summed E-state index contributed by atoms with van der Waals surface area (Å²) >= 11 is 15.6. The Kier molecular flexibility index (Phi) is 6.68. The van der Waals surface area contributed by atoms with E-state index in [1.807, 2.05) is 42.5 Å². The summed E-state index contributed by atoms with van der Waals surface area (Å²) in [5.41, 5.74) is 1.71. The Hall–Kier alpha value is -1.60. The number of amides is 1. The van der Waals surface area contributed by atoms with Crippen LogP contribution in [0.2, 0.25) is 10.0 Å². The quantitative estimate of drug-likeness (QED) is 0.428. The highest BCUT2D eigenvalue weighted by atomic mass is 35.5. The molecule has 0 spiro atoms. The van der Waals surface area contributed by atoms with Gasteiger partial charge in [-0.05, 0) is 55.4 Å². The van der Waals surface area contributed by atoms with Crippen LogP contribution in [0.1, 0.15) is 26.7 Å². The number of carbonyl (C=O) groups is 1. The topological polar surface area (TPSA) is 35.9 Å². The van der Waals surface area contributed by atoms with Crippen LogP contribution in [0.15, 0.2) is 62.3 Å². The zero-order valence-corrected chi connectivity index (χ0v) is 19.8. The van der Waals surface area contributed by atoms with E-state index < -0.39 is 0 Å². The second kappa shape index (κ2) is 9.27. The highest BCUT2D eigenvalue weighted by Crippen LogP contribution is 2.51. The summed E-state index contributed by atoms with van der Waals surface area (Å²) in [5, 5.41) is 2.88. The number of anilines is 1. The second-order valence-corrected chi connectivity index (χ2v) is 9.70. The van der Waals surface area contributed by atoms with Crippen molar-refractivity contribution >= 4 is 69.2 Å².